The molecule has 2 aromatic heterocycles. The lowest BCUT2D eigenvalue weighted by Crippen LogP contribution is -2.53. The number of rotatable bonds is 26. The van der Waals surface area contributed by atoms with Crippen LogP contribution < -0.4 is 16.0 Å². The van der Waals surface area contributed by atoms with Crippen molar-refractivity contribution in [3.05, 3.63) is 36.4 Å². The summed E-state index contributed by atoms with van der Waals surface area (Å²) in [6.07, 6.45) is 9.68. The fraction of sp³-hybridized carbons (Fsp3) is 0.745. The van der Waals surface area contributed by atoms with Gasteiger partial charge in [-0.2, -0.15) is 0 Å². The van der Waals surface area contributed by atoms with Gasteiger partial charge in [0, 0.05) is 43.7 Å². The first-order valence-corrected chi connectivity index (χ1v) is 24.8. The Labute approximate surface area is 421 Å². The van der Waals surface area contributed by atoms with Gasteiger partial charge in [-0.15, -0.1) is 0 Å². The zero-order valence-electron chi connectivity index (χ0n) is 45.6. The van der Waals surface area contributed by atoms with Gasteiger partial charge in [0.1, 0.15) is 64.8 Å². The number of ether oxygens (including phenoxy) is 5. The number of esters is 5. The van der Waals surface area contributed by atoms with E-state index in [1.807, 2.05) is 48.5 Å². The molecule has 0 bridgehead atoms. The van der Waals surface area contributed by atoms with Gasteiger partial charge in [-0.1, -0.05) is 13.3 Å². The van der Waals surface area contributed by atoms with Crippen LogP contribution in [-0.2, 0) is 78.6 Å². The average molecular weight is 1000 g/mol. The molecular formula is C51H86N8O12. The molecule has 0 aliphatic rings. The Morgan fingerprint density at radius 1 is 0.549 bits per heavy atom. The second-order valence-corrected chi connectivity index (χ2v) is 22.9. The van der Waals surface area contributed by atoms with E-state index in [2.05, 4.69) is 30.8 Å². The minimum absolute atomic E-state index is 0.00359. The SMILES string of the molecule is C[C@@H](CCCCN(Cc1nccn1CC(=O)OC(C)(C)C)Cc1nccn1CC(=O)OC(C)(C)C)C(=O)NCCCC[C@H](NC(=O)N[C@@H](CCC(=O)OC(C)(C)C)C(=O)OC(C)(C)C)C(=O)OC(C)(C)C. The number of nitrogens with zero attached hydrogens (tertiary/aromatic N) is 5. The first kappa shape index (κ1) is 61.6. The maximum absolute atomic E-state index is 13.3. The largest absolute Gasteiger partial charge is 0.460 e. The summed E-state index contributed by atoms with van der Waals surface area (Å²) in [5, 5.41) is 8.20. The van der Waals surface area contributed by atoms with Crippen LogP contribution in [0.4, 0.5) is 4.79 Å². The van der Waals surface area contributed by atoms with Crippen molar-refractivity contribution in [2.75, 3.05) is 13.1 Å². The van der Waals surface area contributed by atoms with E-state index in [0.29, 0.717) is 57.1 Å². The van der Waals surface area contributed by atoms with E-state index in [0.717, 1.165) is 12.8 Å². The number of hydrogen-bond donors (Lipinski definition) is 3. The van der Waals surface area contributed by atoms with E-state index in [-0.39, 0.29) is 56.1 Å². The molecule has 0 aliphatic carbocycles. The quantitative estimate of drug-likeness (QED) is 0.0505. The molecule has 20 nitrogen and oxygen atoms in total. The minimum atomic E-state index is -1.21. The van der Waals surface area contributed by atoms with Crippen LogP contribution >= 0.6 is 0 Å². The number of aromatic nitrogens is 4. The first-order valence-electron chi connectivity index (χ1n) is 24.8. The summed E-state index contributed by atoms with van der Waals surface area (Å²) in [4.78, 5) is 102. The molecule has 402 valence electrons. The fourth-order valence-electron chi connectivity index (χ4n) is 6.94. The van der Waals surface area contributed by atoms with Crippen LogP contribution in [0.2, 0.25) is 0 Å². The molecule has 0 saturated carbocycles. The highest BCUT2D eigenvalue weighted by Gasteiger charge is 2.32. The molecule has 2 aromatic rings. The maximum Gasteiger partial charge on any atom is 0.329 e. The number of urea groups is 1. The van der Waals surface area contributed by atoms with Gasteiger partial charge in [-0.05, 0) is 149 Å². The van der Waals surface area contributed by atoms with Gasteiger partial charge in [-0.25, -0.2) is 24.4 Å². The standard InChI is InChI=1S/C51H86N8O12/c1-35(21-18-20-28-57(31-38-52-26-29-58(38)33-41(61)68-48(5,6)7)32-39-53-27-30-59(39)34-42(62)69-49(8,9)10)43(63)54-25-19-17-22-36(44(64)70-50(11,12)13)55-46(66)56-37(45(65)71-51(14,15)16)23-24-40(60)67-47(2,3)4/h26-27,29-30,35-37H,17-25,28,31-34H2,1-16H3,(H,54,63)(H2,55,56,66)/t35-,36-,37-/m0/s1. The smallest absolute Gasteiger partial charge is 0.329 e. The molecular weight excluding hydrogens is 917 g/mol. The van der Waals surface area contributed by atoms with E-state index in [1.54, 1.807) is 96.2 Å². The summed E-state index contributed by atoms with van der Waals surface area (Å²) in [7, 11) is 0. The van der Waals surface area contributed by atoms with Crippen molar-refractivity contribution in [3.8, 4) is 0 Å². The Bertz CT molecular complexity index is 1980. The number of hydrogen-bond acceptors (Lipinski definition) is 15. The average Bonchev–Trinajstić information content (AvgIpc) is 3.81. The van der Waals surface area contributed by atoms with E-state index in [9.17, 15) is 33.6 Å². The minimum Gasteiger partial charge on any atom is -0.460 e. The van der Waals surface area contributed by atoms with E-state index < -0.39 is 64.0 Å². The summed E-state index contributed by atoms with van der Waals surface area (Å²) in [5.41, 5.74) is -3.72. The van der Waals surface area contributed by atoms with Crippen molar-refractivity contribution in [2.24, 2.45) is 5.92 Å². The Morgan fingerprint density at radius 3 is 1.39 bits per heavy atom. The molecule has 0 unspecified atom stereocenters. The van der Waals surface area contributed by atoms with Gasteiger partial charge in [0.15, 0.2) is 0 Å². The van der Waals surface area contributed by atoms with Gasteiger partial charge < -0.3 is 48.8 Å². The number of nitrogens with one attached hydrogen (secondary N) is 3. The third kappa shape index (κ3) is 27.6. The van der Waals surface area contributed by atoms with Crippen molar-refractivity contribution in [3.63, 3.8) is 0 Å². The molecule has 2 rings (SSSR count). The third-order valence-electron chi connectivity index (χ3n) is 9.85. The van der Waals surface area contributed by atoms with Gasteiger partial charge >= 0.3 is 35.9 Å². The molecule has 20 heteroatoms. The van der Waals surface area contributed by atoms with Crippen molar-refractivity contribution in [2.45, 2.75) is 228 Å². The van der Waals surface area contributed by atoms with Crippen LogP contribution in [0, 0.1) is 5.92 Å². The summed E-state index contributed by atoms with van der Waals surface area (Å²) in [6, 6.07) is -3.11. The topological polar surface area (TPSA) is 241 Å². The number of imidazole rings is 2. The van der Waals surface area contributed by atoms with Gasteiger partial charge in [0.2, 0.25) is 5.91 Å². The van der Waals surface area contributed by atoms with Crippen molar-refractivity contribution < 1.29 is 57.2 Å². The molecule has 0 saturated heterocycles. The highest BCUT2D eigenvalue weighted by Crippen LogP contribution is 2.18. The fourth-order valence-corrected chi connectivity index (χ4v) is 6.94. The van der Waals surface area contributed by atoms with Gasteiger partial charge in [-0.3, -0.25) is 24.1 Å². The Hall–Kier alpha value is -5.53. The van der Waals surface area contributed by atoms with Crippen LogP contribution in [0.3, 0.4) is 0 Å². The Kier molecular flexibility index (Phi) is 23.7. The molecule has 0 aromatic carbocycles. The number of carbonyl (C=O) groups excluding carboxylic acids is 7. The van der Waals surface area contributed by atoms with Crippen molar-refractivity contribution in [1.29, 1.82) is 0 Å². The van der Waals surface area contributed by atoms with Crippen LogP contribution in [0.25, 0.3) is 0 Å². The van der Waals surface area contributed by atoms with Crippen molar-refractivity contribution in [1.82, 2.24) is 40.0 Å². The summed E-state index contributed by atoms with van der Waals surface area (Å²) in [5.74, 6) is -1.81. The second kappa shape index (κ2) is 27.3. The summed E-state index contributed by atoms with van der Waals surface area (Å²) in [6.45, 7) is 29.8. The second-order valence-electron chi connectivity index (χ2n) is 22.9. The normalized spacial score (nSPS) is 13.6. The lowest BCUT2D eigenvalue weighted by molar-refractivity contribution is -0.159. The molecule has 0 aliphatic heterocycles. The lowest BCUT2D eigenvalue weighted by Gasteiger charge is -2.27. The predicted octanol–water partition coefficient (Wildman–Crippen LogP) is 6.70. The molecule has 2 heterocycles. The summed E-state index contributed by atoms with van der Waals surface area (Å²) < 4.78 is 31.1. The zero-order chi connectivity index (χ0) is 54.0. The van der Waals surface area contributed by atoms with E-state index in [1.165, 1.54) is 0 Å². The van der Waals surface area contributed by atoms with Crippen LogP contribution in [0.5, 0.6) is 0 Å². The molecule has 0 fully saturated rings. The third-order valence-corrected chi connectivity index (χ3v) is 9.85. The van der Waals surface area contributed by atoms with Crippen LogP contribution in [0.1, 0.15) is 174 Å². The Balaban J connectivity index is 2.03. The Morgan fingerprint density at radius 2 is 0.958 bits per heavy atom. The molecule has 3 N–H and O–H groups in total. The maximum atomic E-state index is 13.3. The summed E-state index contributed by atoms with van der Waals surface area (Å²) >= 11 is 0. The number of unbranched alkanes of at least 4 members (excludes halogenated alkanes) is 2. The van der Waals surface area contributed by atoms with E-state index in [4.69, 9.17) is 23.7 Å². The van der Waals surface area contributed by atoms with Gasteiger partial charge in [0.05, 0.1) is 13.1 Å². The number of amides is 3. The lowest BCUT2D eigenvalue weighted by atomic mass is 10.0. The first-order chi connectivity index (χ1) is 32.6. The molecule has 0 spiro atoms. The van der Waals surface area contributed by atoms with Crippen LogP contribution in [-0.4, -0.2) is 119 Å². The van der Waals surface area contributed by atoms with Gasteiger partial charge in [0.25, 0.3) is 0 Å². The number of carbonyl (C=O) groups is 7. The molecule has 0 radical (unpaired) electrons. The molecule has 3 amide bonds. The predicted molar refractivity (Wildman–Crippen MR) is 266 cm³/mol. The highest BCUT2D eigenvalue weighted by atomic mass is 16.6. The zero-order valence-corrected chi connectivity index (χ0v) is 45.6. The molecule has 71 heavy (non-hydrogen) atoms. The van der Waals surface area contributed by atoms with Crippen LogP contribution in [0.15, 0.2) is 24.8 Å². The van der Waals surface area contributed by atoms with Crippen molar-refractivity contribution >= 4 is 41.8 Å². The highest BCUT2D eigenvalue weighted by molar-refractivity contribution is 5.87. The van der Waals surface area contributed by atoms with E-state index >= 15 is 0 Å². The monoisotopic (exact) mass is 1000 g/mol. The molecule has 3 atom stereocenters.